The molecule has 0 aromatic carbocycles. The lowest BCUT2D eigenvalue weighted by Gasteiger charge is -2.22. The number of phosphoric acid groups is 1. The Hall–Kier alpha value is -4.18. The van der Waals surface area contributed by atoms with Gasteiger partial charge in [-0.2, -0.15) is 0 Å². The van der Waals surface area contributed by atoms with Gasteiger partial charge in [0.1, 0.15) is 56.4 Å². The topological polar surface area (TPSA) is 273 Å². The molecule has 476 valence electrons. The van der Waals surface area contributed by atoms with E-state index in [0.717, 1.165) is 116 Å². The molecule has 0 amide bonds. The third kappa shape index (κ3) is 53.1. The van der Waals surface area contributed by atoms with Gasteiger partial charge in [0.2, 0.25) is 0 Å². The fraction of sp³-hybridized carbons (Fsp3) is 0.667. The zero-order chi connectivity index (χ0) is 61.1. The van der Waals surface area contributed by atoms with Crippen molar-refractivity contribution in [1.29, 1.82) is 0 Å². The Bertz CT molecular complexity index is 1690. The highest BCUT2D eigenvalue weighted by molar-refractivity contribution is 7.48. The molecule has 0 heterocycles. The van der Waals surface area contributed by atoms with Crippen LogP contribution in [0.1, 0.15) is 194 Å². The Morgan fingerprint density at radius 1 is 0.361 bits per heavy atom. The molecule has 6 N–H and O–H groups in total. The lowest BCUT2D eigenvalue weighted by molar-refractivity contribution is -0.264. The summed E-state index contributed by atoms with van der Waals surface area (Å²) in [6.45, 7) is 2.63. The van der Waals surface area contributed by atoms with Crippen LogP contribution in [0.25, 0.3) is 0 Å². The molecule has 0 fully saturated rings. The van der Waals surface area contributed by atoms with Crippen LogP contribution in [0.5, 0.6) is 0 Å². The molecule has 0 aliphatic heterocycles. The van der Waals surface area contributed by atoms with E-state index in [2.05, 4.69) is 71.9 Å². The van der Waals surface area contributed by atoms with Crippen molar-refractivity contribution in [3.8, 4) is 0 Å². The van der Waals surface area contributed by atoms with Gasteiger partial charge in [0.05, 0.1) is 19.8 Å². The summed E-state index contributed by atoms with van der Waals surface area (Å²) in [6.07, 6.45) is 49.1. The maximum Gasteiger partial charge on any atom is 0.475 e. The first-order chi connectivity index (χ1) is 40.3. The van der Waals surface area contributed by atoms with Crippen LogP contribution in [0.2, 0.25) is 0 Å². The Morgan fingerprint density at radius 3 is 0.892 bits per heavy atom. The van der Waals surface area contributed by atoms with E-state index in [4.69, 9.17) is 27.8 Å². The maximum absolute atomic E-state index is 13.7. The number of unbranched alkanes of at least 4 members (excludes halogenated alkanes) is 12. The smallest absolute Gasteiger partial charge is 0.463 e. The van der Waals surface area contributed by atoms with Gasteiger partial charge >= 0.3 is 25.7 Å². The summed E-state index contributed by atoms with van der Waals surface area (Å²) in [5.41, 5.74) is 0. The Labute approximate surface area is 496 Å². The number of allylic oxidation sites excluding steroid dienone is 12. The molecule has 0 aliphatic carbocycles. The highest BCUT2D eigenvalue weighted by atomic mass is 31.2. The molecule has 0 rings (SSSR count). The summed E-state index contributed by atoms with van der Waals surface area (Å²) in [5.74, 6) is -1.66. The minimum atomic E-state index is -4.67. The SMILES string of the molecule is CC/C=C/C/C=C/CC(/C=C/CCCCCCC(=O)OC[C@H](O)COP(=O)(OC[C@@H](O)COC(=O)CCCCCC/C=C/C(C/C=C/C/C=C/CC)OO)OC[C@@H](O)COC(=O)CCCCCC/C=C/C(C/C=C/C/C=C/CC)OO)OO. The van der Waals surface area contributed by atoms with Gasteiger partial charge in [0.15, 0.2) is 0 Å². The summed E-state index contributed by atoms with van der Waals surface area (Å²) >= 11 is 0. The van der Waals surface area contributed by atoms with E-state index in [9.17, 15) is 50.0 Å². The minimum Gasteiger partial charge on any atom is -0.463 e. The zero-order valence-electron chi connectivity index (χ0n) is 50.1. The summed E-state index contributed by atoms with van der Waals surface area (Å²) in [6, 6.07) is 0. The third-order valence-corrected chi connectivity index (χ3v) is 13.6. The number of rotatable bonds is 57. The van der Waals surface area contributed by atoms with Crippen molar-refractivity contribution < 1.29 is 92.5 Å². The molecule has 0 bridgehead atoms. The zero-order valence-corrected chi connectivity index (χ0v) is 51.0. The number of carbonyl (C=O) groups excluding carboxylic acids is 3. The molecule has 0 aromatic rings. The molecule has 0 aromatic heterocycles. The van der Waals surface area contributed by atoms with Gasteiger partial charge in [-0.15, -0.1) is 0 Å². The first-order valence-corrected chi connectivity index (χ1v) is 31.7. The van der Waals surface area contributed by atoms with Gasteiger partial charge in [-0.05, 0) is 116 Å². The van der Waals surface area contributed by atoms with E-state index < -0.39 is 102 Å². The van der Waals surface area contributed by atoms with Crippen LogP contribution in [0.15, 0.2) is 109 Å². The first-order valence-electron chi connectivity index (χ1n) is 30.2. The van der Waals surface area contributed by atoms with Crippen LogP contribution in [0, 0.1) is 0 Å². The van der Waals surface area contributed by atoms with Crippen molar-refractivity contribution in [3.63, 3.8) is 0 Å². The normalized spacial score (nSPS) is 15.5. The van der Waals surface area contributed by atoms with Crippen LogP contribution in [-0.2, 0) is 61.4 Å². The predicted molar refractivity (Wildman–Crippen MR) is 323 cm³/mol. The van der Waals surface area contributed by atoms with E-state index in [0.29, 0.717) is 38.5 Å². The summed E-state index contributed by atoms with van der Waals surface area (Å²) < 4.78 is 45.3. The van der Waals surface area contributed by atoms with Crippen molar-refractivity contribution >= 4 is 25.7 Å². The molecule has 20 heteroatoms. The molecule has 6 atom stereocenters. The number of hydrogen-bond donors (Lipinski definition) is 6. The standard InChI is InChI=1S/C63H105O19P/c1-4-7-10-13-22-31-40-58(80-70)43-34-25-16-19-28-37-46-61(67)74-49-55(64)52-77-83(73,78-53-56(65)50-75-62(68)47-38-29-20-17-26-35-44-59(81-71)41-32-23-14-11-8-5-2)79-54-57(66)51-76-63(69)48-39-30-21-18-27-36-45-60(82-72)42-33-24-15-12-9-6-3/h7-12,22-24,31-36,43-45,55-60,64-66,70-72H,4-6,13-21,25-30,37-42,46-54H2,1-3H3/b10-7+,11-8+,12-9+,31-22+,32-23+,33-24+,43-34+,44-35+,45-36+/t55-,56-,57-,58?,59?,60?,83?/m0/s1. The van der Waals surface area contributed by atoms with Gasteiger partial charge in [-0.1, -0.05) is 169 Å². The van der Waals surface area contributed by atoms with Gasteiger partial charge in [0, 0.05) is 19.3 Å². The van der Waals surface area contributed by atoms with E-state index in [1.807, 2.05) is 72.9 Å². The van der Waals surface area contributed by atoms with E-state index in [1.165, 1.54) is 0 Å². The van der Waals surface area contributed by atoms with Crippen LogP contribution in [0.4, 0.5) is 0 Å². The number of aliphatic hydroxyl groups excluding tert-OH is 3. The molecule has 0 aliphatic rings. The van der Waals surface area contributed by atoms with Gasteiger partial charge < -0.3 is 29.5 Å². The van der Waals surface area contributed by atoms with E-state index in [1.54, 1.807) is 0 Å². The van der Waals surface area contributed by atoms with Crippen molar-refractivity contribution in [2.24, 2.45) is 0 Å². The molecule has 0 saturated heterocycles. The highest BCUT2D eigenvalue weighted by Gasteiger charge is 2.31. The summed E-state index contributed by atoms with van der Waals surface area (Å²) in [4.78, 5) is 50.9. The Balaban J connectivity index is 5.00. The first kappa shape index (κ1) is 78.8. The lowest BCUT2D eigenvalue weighted by atomic mass is 10.1. The second kappa shape index (κ2) is 58.2. The number of phosphoric ester groups is 1. The number of ether oxygens (including phenoxy) is 3. The van der Waals surface area contributed by atoms with Crippen molar-refractivity contribution in [1.82, 2.24) is 0 Å². The quantitative estimate of drug-likeness (QED) is 0.00628. The van der Waals surface area contributed by atoms with Gasteiger partial charge in [0.25, 0.3) is 0 Å². The van der Waals surface area contributed by atoms with Crippen LogP contribution in [-0.4, -0.2) is 125 Å². The maximum atomic E-state index is 13.7. The van der Waals surface area contributed by atoms with Crippen LogP contribution in [0.3, 0.4) is 0 Å². The average Bonchev–Trinajstić information content (AvgIpc) is 3.53. The fourth-order valence-corrected chi connectivity index (χ4v) is 8.73. The van der Waals surface area contributed by atoms with Crippen molar-refractivity contribution in [2.75, 3.05) is 39.6 Å². The highest BCUT2D eigenvalue weighted by Crippen LogP contribution is 2.49. The predicted octanol–water partition coefficient (Wildman–Crippen LogP) is 14.0. The molecule has 3 unspecified atom stereocenters. The average molecular weight is 1200 g/mol. The molecule has 83 heavy (non-hydrogen) atoms. The molecule has 0 saturated carbocycles. The second-order valence-electron chi connectivity index (χ2n) is 19.9. The monoisotopic (exact) mass is 1200 g/mol. The van der Waals surface area contributed by atoms with Gasteiger partial charge in [-0.3, -0.25) is 43.7 Å². The minimum absolute atomic E-state index is 0.107. The summed E-state index contributed by atoms with van der Waals surface area (Å²) in [5, 5.41) is 59.3. The van der Waals surface area contributed by atoms with Crippen molar-refractivity contribution in [3.05, 3.63) is 109 Å². The molecular formula is C63H105O19P. The molecule has 0 radical (unpaired) electrons. The number of carbonyl (C=O) groups is 3. The molecule has 19 nitrogen and oxygen atoms in total. The number of esters is 3. The molecular weight excluding hydrogens is 1090 g/mol. The fourth-order valence-electron chi connectivity index (χ4n) is 7.45. The summed E-state index contributed by atoms with van der Waals surface area (Å²) in [7, 11) is -4.67. The number of hydrogen-bond acceptors (Lipinski definition) is 19. The van der Waals surface area contributed by atoms with E-state index >= 15 is 0 Å². The Morgan fingerprint density at radius 2 is 0.627 bits per heavy atom. The van der Waals surface area contributed by atoms with Crippen molar-refractivity contribution in [2.45, 2.75) is 231 Å². The second-order valence-corrected chi connectivity index (χ2v) is 21.6. The third-order valence-electron chi connectivity index (χ3n) is 12.2. The van der Waals surface area contributed by atoms with Crippen LogP contribution < -0.4 is 0 Å². The largest absolute Gasteiger partial charge is 0.475 e. The van der Waals surface area contributed by atoms with Gasteiger partial charge in [-0.25, -0.2) is 19.2 Å². The molecule has 0 spiro atoms. The lowest BCUT2D eigenvalue weighted by Crippen LogP contribution is -2.27. The number of aliphatic hydroxyl groups is 3. The van der Waals surface area contributed by atoms with Crippen LogP contribution >= 0.6 is 7.82 Å². The Kier molecular flexibility index (Phi) is 55.3. The van der Waals surface area contributed by atoms with E-state index in [-0.39, 0.29) is 19.3 Å².